The summed E-state index contributed by atoms with van der Waals surface area (Å²) in [6, 6.07) is 10.8. The predicted octanol–water partition coefficient (Wildman–Crippen LogP) is 1.81. The van der Waals surface area contributed by atoms with Gasteiger partial charge in [-0.15, -0.1) is 0 Å². The molecule has 0 bridgehead atoms. The van der Waals surface area contributed by atoms with Crippen LogP contribution in [0, 0.1) is 11.3 Å². The van der Waals surface area contributed by atoms with Gasteiger partial charge in [0, 0.05) is 12.5 Å². The lowest BCUT2D eigenvalue weighted by Gasteiger charge is -2.08. The Hall–Kier alpha value is -1.82. The van der Waals surface area contributed by atoms with Gasteiger partial charge in [0.05, 0.1) is 0 Å². The summed E-state index contributed by atoms with van der Waals surface area (Å²) in [5.74, 6) is -0.449. The van der Waals surface area contributed by atoms with Gasteiger partial charge in [0.2, 0.25) is 6.10 Å². The molecule has 0 aromatic heterocycles. The zero-order valence-corrected chi connectivity index (χ0v) is 7.23. The molecule has 1 aromatic carbocycles. The van der Waals surface area contributed by atoms with E-state index in [9.17, 15) is 4.79 Å². The van der Waals surface area contributed by atoms with Crippen molar-refractivity contribution in [1.29, 1.82) is 5.26 Å². The monoisotopic (exact) mass is 175 g/mol. The van der Waals surface area contributed by atoms with Gasteiger partial charge in [-0.25, -0.2) is 0 Å². The second-order valence-corrected chi connectivity index (χ2v) is 2.53. The summed E-state index contributed by atoms with van der Waals surface area (Å²) < 4.78 is 4.79. The highest BCUT2D eigenvalue weighted by Crippen LogP contribution is 2.15. The van der Waals surface area contributed by atoms with E-state index in [0.29, 0.717) is 5.56 Å². The first-order valence-corrected chi connectivity index (χ1v) is 3.86. The van der Waals surface area contributed by atoms with Crippen LogP contribution in [0.15, 0.2) is 30.3 Å². The molecule has 0 amide bonds. The van der Waals surface area contributed by atoms with Gasteiger partial charge in [0.1, 0.15) is 6.07 Å². The van der Waals surface area contributed by atoms with Gasteiger partial charge in [-0.3, -0.25) is 4.79 Å². The lowest BCUT2D eigenvalue weighted by atomic mass is 10.1. The Morgan fingerprint density at radius 3 is 2.54 bits per heavy atom. The lowest BCUT2D eigenvalue weighted by molar-refractivity contribution is -0.144. The molecule has 66 valence electrons. The van der Waals surface area contributed by atoms with Gasteiger partial charge in [0.25, 0.3) is 0 Å². The average molecular weight is 175 g/mol. The number of hydrogen-bond acceptors (Lipinski definition) is 3. The molecule has 0 N–H and O–H groups in total. The molecule has 0 fully saturated rings. The molecular formula is C10H9NO2. The molecule has 0 aliphatic rings. The summed E-state index contributed by atoms with van der Waals surface area (Å²) >= 11 is 0. The van der Waals surface area contributed by atoms with Gasteiger partial charge >= 0.3 is 5.97 Å². The zero-order valence-electron chi connectivity index (χ0n) is 7.23. The molecular weight excluding hydrogens is 166 g/mol. The van der Waals surface area contributed by atoms with E-state index in [2.05, 4.69) is 0 Å². The molecule has 1 aromatic rings. The van der Waals surface area contributed by atoms with Crippen molar-refractivity contribution in [2.45, 2.75) is 13.0 Å². The minimum Gasteiger partial charge on any atom is -0.442 e. The number of nitriles is 1. The number of rotatable bonds is 2. The summed E-state index contributed by atoms with van der Waals surface area (Å²) in [6.07, 6.45) is -0.793. The van der Waals surface area contributed by atoms with E-state index in [1.807, 2.05) is 12.1 Å². The molecule has 0 saturated carbocycles. The van der Waals surface area contributed by atoms with Crippen LogP contribution in [0.1, 0.15) is 18.6 Å². The van der Waals surface area contributed by atoms with Crippen LogP contribution in [0.5, 0.6) is 0 Å². The SMILES string of the molecule is CC(=O)O[C@H](C#N)c1ccccc1. The molecule has 0 spiro atoms. The highest BCUT2D eigenvalue weighted by molar-refractivity contribution is 5.66. The largest absolute Gasteiger partial charge is 0.442 e. The van der Waals surface area contributed by atoms with E-state index in [4.69, 9.17) is 10.00 Å². The van der Waals surface area contributed by atoms with Crippen molar-refractivity contribution in [3.63, 3.8) is 0 Å². The topological polar surface area (TPSA) is 50.1 Å². The highest BCUT2D eigenvalue weighted by Gasteiger charge is 2.11. The summed E-state index contributed by atoms with van der Waals surface area (Å²) in [7, 11) is 0. The standard InChI is InChI=1S/C10H9NO2/c1-8(12)13-10(7-11)9-5-3-2-4-6-9/h2-6,10H,1H3/t10-/m1/s1. The van der Waals surface area contributed by atoms with Gasteiger partial charge in [-0.1, -0.05) is 30.3 Å². The Balaban J connectivity index is 2.80. The third-order valence-electron chi connectivity index (χ3n) is 1.50. The maximum absolute atomic E-state index is 10.6. The minimum absolute atomic E-state index is 0.449. The predicted molar refractivity (Wildman–Crippen MR) is 46.6 cm³/mol. The molecule has 0 radical (unpaired) electrons. The van der Waals surface area contributed by atoms with Crippen LogP contribution in [0.25, 0.3) is 0 Å². The average Bonchev–Trinajstić information content (AvgIpc) is 2.15. The van der Waals surface area contributed by atoms with Crippen LogP contribution in [-0.4, -0.2) is 5.97 Å². The fourth-order valence-electron chi connectivity index (χ4n) is 0.963. The van der Waals surface area contributed by atoms with Crippen molar-refractivity contribution in [3.05, 3.63) is 35.9 Å². The maximum atomic E-state index is 10.6. The molecule has 0 heterocycles. The Morgan fingerprint density at radius 2 is 2.08 bits per heavy atom. The van der Waals surface area contributed by atoms with E-state index >= 15 is 0 Å². The summed E-state index contributed by atoms with van der Waals surface area (Å²) in [5, 5.41) is 8.70. The maximum Gasteiger partial charge on any atom is 0.304 e. The first-order valence-electron chi connectivity index (χ1n) is 3.86. The van der Waals surface area contributed by atoms with Crippen LogP contribution in [-0.2, 0) is 9.53 Å². The Labute approximate surface area is 76.6 Å². The number of benzene rings is 1. The smallest absolute Gasteiger partial charge is 0.304 e. The van der Waals surface area contributed by atoms with Crippen LogP contribution >= 0.6 is 0 Å². The molecule has 0 saturated heterocycles. The molecule has 13 heavy (non-hydrogen) atoms. The Bertz CT molecular complexity index is 327. The van der Waals surface area contributed by atoms with Gasteiger partial charge in [0.15, 0.2) is 0 Å². The summed E-state index contributed by atoms with van der Waals surface area (Å²) in [5.41, 5.74) is 0.695. The number of nitrogens with zero attached hydrogens (tertiary/aromatic N) is 1. The molecule has 0 aliphatic heterocycles. The number of ether oxygens (including phenoxy) is 1. The van der Waals surface area contributed by atoms with Crippen LogP contribution < -0.4 is 0 Å². The van der Waals surface area contributed by atoms with E-state index < -0.39 is 12.1 Å². The second-order valence-electron chi connectivity index (χ2n) is 2.53. The van der Waals surface area contributed by atoms with Gasteiger partial charge in [-0.05, 0) is 0 Å². The highest BCUT2D eigenvalue weighted by atomic mass is 16.5. The zero-order chi connectivity index (χ0) is 9.68. The quantitative estimate of drug-likeness (QED) is 0.644. The van der Waals surface area contributed by atoms with Crippen molar-refractivity contribution in [2.24, 2.45) is 0 Å². The van der Waals surface area contributed by atoms with E-state index in [1.54, 1.807) is 24.3 Å². The molecule has 1 atom stereocenters. The van der Waals surface area contributed by atoms with E-state index in [-0.39, 0.29) is 0 Å². The van der Waals surface area contributed by atoms with Crippen molar-refractivity contribution < 1.29 is 9.53 Å². The number of carbonyl (C=O) groups is 1. The van der Waals surface area contributed by atoms with Gasteiger partial charge in [-0.2, -0.15) is 5.26 Å². The fraction of sp³-hybridized carbons (Fsp3) is 0.200. The first kappa shape index (κ1) is 9.27. The number of hydrogen-bond donors (Lipinski definition) is 0. The summed E-state index contributed by atoms with van der Waals surface area (Å²) in [6.45, 7) is 1.28. The van der Waals surface area contributed by atoms with Crippen LogP contribution in [0.3, 0.4) is 0 Å². The van der Waals surface area contributed by atoms with Crippen molar-refractivity contribution >= 4 is 5.97 Å². The Morgan fingerprint density at radius 1 is 1.46 bits per heavy atom. The van der Waals surface area contributed by atoms with Crippen molar-refractivity contribution in [2.75, 3.05) is 0 Å². The first-order chi connectivity index (χ1) is 6.24. The normalized spacial score (nSPS) is 11.4. The molecule has 3 heteroatoms. The molecule has 0 aliphatic carbocycles. The van der Waals surface area contributed by atoms with Crippen molar-refractivity contribution in [1.82, 2.24) is 0 Å². The van der Waals surface area contributed by atoms with Crippen LogP contribution in [0.2, 0.25) is 0 Å². The van der Waals surface area contributed by atoms with Crippen LogP contribution in [0.4, 0.5) is 0 Å². The third kappa shape index (κ3) is 2.60. The van der Waals surface area contributed by atoms with E-state index in [0.717, 1.165) is 0 Å². The third-order valence-corrected chi connectivity index (χ3v) is 1.50. The Kier molecular flexibility index (Phi) is 3.04. The number of esters is 1. The fourth-order valence-corrected chi connectivity index (χ4v) is 0.963. The van der Waals surface area contributed by atoms with Gasteiger partial charge < -0.3 is 4.74 Å². The number of carbonyl (C=O) groups excluding carboxylic acids is 1. The second kappa shape index (κ2) is 4.27. The minimum atomic E-state index is -0.793. The molecule has 0 unspecified atom stereocenters. The van der Waals surface area contributed by atoms with Crippen molar-refractivity contribution in [3.8, 4) is 6.07 Å². The molecule has 1 rings (SSSR count). The summed E-state index contributed by atoms with van der Waals surface area (Å²) in [4.78, 5) is 10.6. The lowest BCUT2D eigenvalue weighted by Crippen LogP contribution is -2.05. The van der Waals surface area contributed by atoms with E-state index in [1.165, 1.54) is 6.92 Å². The molecule has 3 nitrogen and oxygen atoms in total.